The van der Waals surface area contributed by atoms with Gasteiger partial charge in [-0.1, -0.05) is 23.7 Å². The van der Waals surface area contributed by atoms with Gasteiger partial charge >= 0.3 is 5.69 Å². The summed E-state index contributed by atoms with van der Waals surface area (Å²) in [5, 5.41) is 11.4. The van der Waals surface area contributed by atoms with Crippen LogP contribution in [-0.4, -0.2) is 41.1 Å². The maximum Gasteiger partial charge on any atom is 0.332 e. The molecule has 3 N–H and O–H groups in total. The first kappa shape index (κ1) is 30.4. The lowest BCUT2D eigenvalue weighted by Crippen LogP contribution is -2.47. The van der Waals surface area contributed by atoms with Crippen molar-refractivity contribution in [1.29, 1.82) is 0 Å². The molecule has 0 radical (unpaired) electrons. The first-order valence-corrected chi connectivity index (χ1v) is 13.9. The molecule has 220 valence electrons. The summed E-state index contributed by atoms with van der Waals surface area (Å²) >= 11 is 3.42. The lowest BCUT2D eigenvalue weighted by Gasteiger charge is -2.24. The predicted octanol–water partition coefficient (Wildman–Crippen LogP) is 3.33. The van der Waals surface area contributed by atoms with Crippen molar-refractivity contribution in [1.82, 2.24) is 24.1 Å². The van der Waals surface area contributed by atoms with E-state index in [-0.39, 0.29) is 24.8 Å². The van der Waals surface area contributed by atoms with Crippen molar-refractivity contribution in [2.24, 2.45) is 5.41 Å². The van der Waals surface area contributed by atoms with Crippen molar-refractivity contribution in [2.45, 2.75) is 26.9 Å². The Kier molecular flexibility index (Phi) is 9.40. The fourth-order valence-corrected chi connectivity index (χ4v) is 4.38. The van der Waals surface area contributed by atoms with Crippen molar-refractivity contribution < 1.29 is 23.0 Å². The topological polar surface area (TPSA) is 167 Å². The summed E-state index contributed by atoms with van der Waals surface area (Å²) in [6.07, 6.45) is 0. The van der Waals surface area contributed by atoms with E-state index < -0.39 is 33.8 Å². The zero-order chi connectivity index (χ0) is 30.4. The first-order chi connectivity index (χ1) is 19.9. The average molecular weight is 615 g/mol. The van der Waals surface area contributed by atoms with Gasteiger partial charge in [0.05, 0.1) is 19.1 Å². The Morgan fingerprint density at radius 1 is 1.00 bits per heavy atom. The Bertz CT molecular complexity index is 1710. The molecule has 42 heavy (non-hydrogen) atoms. The molecule has 0 saturated heterocycles. The SMILES string of the molecule is COc1ccc(Oc2ccc(Nc3cc(=O)n(CC(C)(C)C(=O)NS(=O)O)c(=O)n3Cc3ccc(Cl)cc3)cc2)nn1. The zero-order valence-electron chi connectivity index (χ0n) is 22.7. The Labute approximate surface area is 247 Å². The number of rotatable bonds is 11. The van der Waals surface area contributed by atoms with Crippen LogP contribution in [0.25, 0.3) is 0 Å². The summed E-state index contributed by atoms with van der Waals surface area (Å²) in [6.45, 7) is 2.65. The summed E-state index contributed by atoms with van der Waals surface area (Å²) in [4.78, 5) is 39.3. The van der Waals surface area contributed by atoms with Crippen molar-refractivity contribution in [3.63, 3.8) is 0 Å². The molecule has 1 atom stereocenters. The van der Waals surface area contributed by atoms with E-state index in [1.54, 1.807) is 60.7 Å². The molecule has 1 amide bonds. The number of hydrogen-bond donors (Lipinski definition) is 3. The highest BCUT2D eigenvalue weighted by Crippen LogP contribution is 2.24. The molecule has 4 rings (SSSR count). The predicted molar refractivity (Wildman–Crippen MR) is 157 cm³/mol. The molecule has 2 heterocycles. The highest BCUT2D eigenvalue weighted by Gasteiger charge is 2.31. The number of carbonyl (C=O) groups excluding carboxylic acids is 1. The lowest BCUT2D eigenvalue weighted by atomic mass is 9.92. The first-order valence-electron chi connectivity index (χ1n) is 12.4. The Morgan fingerprint density at radius 2 is 1.64 bits per heavy atom. The van der Waals surface area contributed by atoms with Crippen LogP contribution in [0.2, 0.25) is 5.02 Å². The van der Waals surface area contributed by atoms with Crippen LogP contribution >= 0.6 is 11.6 Å². The van der Waals surface area contributed by atoms with Gasteiger partial charge in [-0.25, -0.2) is 9.00 Å². The molecule has 0 aliphatic carbocycles. The second-order valence-corrected chi connectivity index (χ2v) is 10.8. The third kappa shape index (κ3) is 7.60. The van der Waals surface area contributed by atoms with Crippen LogP contribution in [0, 0.1) is 5.41 Å². The monoisotopic (exact) mass is 614 g/mol. The van der Waals surface area contributed by atoms with Crippen LogP contribution in [0.1, 0.15) is 19.4 Å². The molecule has 0 fully saturated rings. The van der Waals surface area contributed by atoms with E-state index in [1.165, 1.54) is 31.6 Å². The van der Waals surface area contributed by atoms with E-state index in [1.807, 2.05) is 4.72 Å². The summed E-state index contributed by atoms with van der Waals surface area (Å²) in [5.74, 6) is 0.479. The molecule has 1 unspecified atom stereocenters. The van der Waals surface area contributed by atoms with Crippen molar-refractivity contribution in [3.8, 4) is 17.5 Å². The highest BCUT2D eigenvalue weighted by atomic mass is 35.5. The molecule has 0 aliphatic heterocycles. The van der Waals surface area contributed by atoms with Crippen LogP contribution in [-0.2, 0) is 29.2 Å². The summed E-state index contributed by atoms with van der Waals surface area (Å²) in [5.41, 5.74) is -1.44. The van der Waals surface area contributed by atoms with Crippen LogP contribution in [0.4, 0.5) is 11.5 Å². The zero-order valence-corrected chi connectivity index (χ0v) is 24.3. The standard InChI is InChI=1S/C27H27ClN6O7S/c1-27(2,25(36)32-42(38)39)16-34-24(35)14-21(33(26(34)37)15-17-4-6-18(28)7-5-17)29-19-8-10-20(11-9-19)41-23-13-12-22(40-3)30-31-23/h4-14,29H,15-16H2,1-3H3,(H,32,36)(H,38,39). The second-order valence-electron chi connectivity index (χ2n) is 9.68. The van der Waals surface area contributed by atoms with Gasteiger partial charge in [0.2, 0.25) is 17.7 Å². The van der Waals surface area contributed by atoms with Crippen molar-refractivity contribution >= 4 is 40.3 Å². The number of benzene rings is 2. The third-order valence-electron chi connectivity index (χ3n) is 6.05. The fourth-order valence-electron chi connectivity index (χ4n) is 3.82. The number of hydrogen-bond acceptors (Lipinski definition) is 9. The number of nitrogens with one attached hydrogen (secondary N) is 2. The van der Waals surface area contributed by atoms with Crippen LogP contribution in [0.15, 0.2) is 76.3 Å². The molecular formula is C27H27ClN6O7S. The number of halogens is 1. The number of methoxy groups -OCH3 is 1. The molecular weight excluding hydrogens is 588 g/mol. The van der Waals surface area contributed by atoms with Crippen LogP contribution < -0.4 is 30.8 Å². The van der Waals surface area contributed by atoms with E-state index in [0.717, 1.165) is 10.1 Å². The molecule has 0 aliphatic rings. The van der Waals surface area contributed by atoms with Gasteiger partial charge < -0.3 is 14.8 Å². The molecule has 0 saturated carbocycles. The van der Waals surface area contributed by atoms with Gasteiger partial charge in [-0.05, 0) is 55.8 Å². The van der Waals surface area contributed by atoms with Gasteiger partial charge in [0.25, 0.3) is 16.8 Å². The number of anilines is 2. The molecule has 0 bridgehead atoms. The minimum Gasteiger partial charge on any atom is -0.480 e. The maximum atomic E-state index is 13.7. The molecule has 4 aromatic rings. The number of carbonyl (C=O) groups is 1. The number of ether oxygens (including phenoxy) is 2. The average Bonchev–Trinajstić information content (AvgIpc) is 2.95. The Balaban J connectivity index is 1.65. The fraction of sp³-hybridized carbons (Fsp3) is 0.222. The number of nitrogens with zero attached hydrogens (tertiary/aromatic N) is 4. The number of aromatic nitrogens is 4. The quantitative estimate of drug-likeness (QED) is 0.213. The van der Waals surface area contributed by atoms with Gasteiger partial charge in [-0.2, -0.15) is 0 Å². The Morgan fingerprint density at radius 3 is 2.24 bits per heavy atom. The Hall–Kier alpha value is -4.53. The van der Waals surface area contributed by atoms with E-state index in [4.69, 9.17) is 25.6 Å². The van der Waals surface area contributed by atoms with Crippen LogP contribution in [0.3, 0.4) is 0 Å². The van der Waals surface area contributed by atoms with E-state index in [2.05, 4.69) is 15.5 Å². The molecule has 0 spiro atoms. The molecule has 15 heteroatoms. The lowest BCUT2D eigenvalue weighted by molar-refractivity contribution is -0.128. The van der Waals surface area contributed by atoms with Gasteiger partial charge in [0.15, 0.2) is 0 Å². The minimum atomic E-state index is -2.60. The van der Waals surface area contributed by atoms with Gasteiger partial charge in [0, 0.05) is 35.5 Å². The smallest absolute Gasteiger partial charge is 0.332 e. The second kappa shape index (κ2) is 13.0. The van der Waals surface area contributed by atoms with Crippen molar-refractivity contribution in [2.75, 3.05) is 12.4 Å². The third-order valence-corrected chi connectivity index (χ3v) is 6.67. The summed E-state index contributed by atoms with van der Waals surface area (Å²) < 4.78 is 35.0. The van der Waals surface area contributed by atoms with Crippen molar-refractivity contribution in [3.05, 3.63) is 98.2 Å². The van der Waals surface area contributed by atoms with Gasteiger partial charge in [0.1, 0.15) is 11.6 Å². The largest absolute Gasteiger partial charge is 0.480 e. The minimum absolute atomic E-state index is 0.0726. The van der Waals surface area contributed by atoms with E-state index >= 15 is 0 Å². The van der Waals surface area contributed by atoms with E-state index in [0.29, 0.717) is 22.3 Å². The molecule has 2 aromatic carbocycles. The molecule has 13 nitrogen and oxygen atoms in total. The van der Waals surface area contributed by atoms with E-state index in [9.17, 15) is 18.6 Å². The maximum absolute atomic E-state index is 13.7. The number of amides is 1. The van der Waals surface area contributed by atoms with Gasteiger partial charge in [-0.15, -0.1) is 10.2 Å². The van der Waals surface area contributed by atoms with Crippen LogP contribution in [0.5, 0.6) is 17.5 Å². The normalized spacial score (nSPS) is 11.9. The molecule has 2 aromatic heterocycles. The van der Waals surface area contributed by atoms with Gasteiger partial charge in [-0.3, -0.25) is 28.0 Å². The summed E-state index contributed by atoms with van der Waals surface area (Å²) in [7, 11) is 1.48. The highest BCUT2D eigenvalue weighted by molar-refractivity contribution is 7.77. The summed E-state index contributed by atoms with van der Waals surface area (Å²) in [6, 6.07) is 18.0.